The van der Waals surface area contributed by atoms with Crippen LogP contribution in [0.4, 0.5) is 4.39 Å². The third-order valence-electron chi connectivity index (χ3n) is 2.34. The fourth-order valence-electron chi connectivity index (χ4n) is 1.39. The molecule has 1 aromatic heterocycles. The van der Waals surface area contributed by atoms with E-state index in [1.807, 2.05) is 6.92 Å². The second-order valence-electron chi connectivity index (χ2n) is 3.56. The smallest absolute Gasteiger partial charge is 0.157 e. The predicted octanol–water partition coefficient (Wildman–Crippen LogP) is 3.38. The maximum Gasteiger partial charge on any atom is 0.157 e. The number of aromatic nitrogens is 2. The molecule has 0 unspecified atom stereocenters. The molecule has 0 radical (unpaired) electrons. The van der Waals surface area contributed by atoms with Gasteiger partial charge < -0.3 is 4.74 Å². The highest BCUT2D eigenvalue weighted by molar-refractivity contribution is 9.10. The molecule has 2 rings (SSSR count). The Bertz CT molecular complexity index is 513. The van der Waals surface area contributed by atoms with Gasteiger partial charge in [0.2, 0.25) is 0 Å². The Morgan fingerprint density at radius 1 is 1.47 bits per heavy atom. The minimum absolute atomic E-state index is 0.203. The minimum Gasteiger partial charge on any atom is -0.486 e. The summed E-state index contributed by atoms with van der Waals surface area (Å²) in [5, 5.41) is 4.07. The number of ether oxygens (including phenoxy) is 1. The van der Waals surface area contributed by atoms with Gasteiger partial charge >= 0.3 is 0 Å². The van der Waals surface area contributed by atoms with Crippen molar-refractivity contribution in [1.29, 1.82) is 0 Å². The van der Waals surface area contributed by atoms with Crippen molar-refractivity contribution in [3.05, 3.63) is 46.4 Å². The van der Waals surface area contributed by atoms with E-state index in [9.17, 15) is 4.39 Å². The van der Waals surface area contributed by atoms with Gasteiger partial charge in [0.05, 0.1) is 12.4 Å². The summed E-state index contributed by atoms with van der Waals surface area (Å²) in [6.45, 7) is 2.98. The first-order valence-electron chi connectivity index (χ1n) is 5.28. The van der Waals surface area contributed by atoms with E-state index >= 15 is 0 Å². The van der Waals surface area contributed by atoms with Crippen LogP contribution >= 0.6 is 15.9 Å². The number of hydrogen-bond acceptors (Lipinski definition) is 2. The van der Waals surface area contributed by atoms with E-state index in [1.165, 1.54) is 6.07 Å². The first kappa shape index (κ1) is 12.1. The van der Waals surface area contributed by atoms with Gasteiger partial charge in [-0.1, -0.05) is 22.0 Å². The van der Waals surface area contributed by atoms with Crippen molar-refractivity contribution in [2.24, 2.45) is 0 Å². The van der Waals surface area contributed by atoms with Crippen LogP contribution in [0.5, 0.6) is 5.75 Å². The molecule has 0 aliphatic rings. The average molecular weight is 299 g/mol. The molecule has 0 atom stereocenters. The summed E-state index contributed by atoms with van der Waals surface area (Å²) in [5.41, 5.74) is 0.525. The summed E-state index contributed by atoms with van der Waals surface area (Å²) in [4.78, 5) is 0. The van der Waals surface area contributed by atoms with Crippen LogP contribution in [-0.2, 0) is 13.2 Å². The largest absolute Gasteiger partial charge is 0.486 e. The molecule has 0 fully saturated rings. The van der Waals surface area contributed by atoms with Gasteiger partial charge in [-0.3, -0.25) is 4.68 Å². The van der Waals surface area contributed by atoms with Crippen LogP contribution < -0.4 is 4.74 Å². The van der Waals surface area contributed by atoms with Crippen molar-refractivity contribution in [3.8, 4) is 5.75 Å². The third kappa shape index (κ3) is 3.06. The van der Waals surface area contributed by atoms with Crippen LogP contribution in [0, 0.1) is 5.82 Å². The second kappa shape index (κ2) is 5.31. The number of rotatable bonds is 4. The standard InChI is InChI=1S/C12H12BrFN2O/c1-2-16-7-11(6-15-16)17-8-9-3-4-10(13)5-12(9)14/h3-7H,2,8H2,1H3. The summed E-state index contributed by atoms with van der Waals surface area (Å²) in [6.07, 6.45) is 3.41. The van der Waals surface area contributed by atoms with Crippen molar-refractivity contribution in [2.75, 3.05) is 0 Å². The summed E-state index contributed by atoms with van der Waals surface area (Å²) in [7, 11) is 0. The molecular weight excluding hydrogens is 287 g/mol. The number of aryl methyl sites for hydroxylation is 1. The van der Waals surface area contributed by atoms with Gasteiger partial charge in [-0.25, -0.2) is 4.39 Å². The van der Waals surface area contributed by atoms with Gasteiger partial charge in [0.1, 0.15) is 12.4 Å². The molecule has 2 aromatic rings. The van der Waals surface area contributed by atoms with Crippen LogP contribution in [0.25, 0.3) is 0 Å². The lowest BCUT2D eigenvalue weighted by atomic mass is 10.2. The maximum atomic E-state index is 13.5. The molecule has 0 aliphatic heterocycles. The second-order valence-corrected chi connectivity index (χ2v) is 4.47. The Morgan fingerprint density at radius 2 is 2.29 bits per heavy atom. The normalized spacial score (nSPS) is 10.5. The molecule has 0 spiro atoms. The highest BCUT2D eigenvalue weighted by Gasteiger charge is 2.04. The topological polar surface area (TPSA) is 27.1 Å². The van der Waals surface area contributed by atoms with E-state index in [0.29, 0.717) is 11.3 Å². The molecule has 1 aromatic carbocycles. The highest BCUT2D eigenvalue weighted by Crippen LogP contribution is 2.17. The van der Waals surface area contributed by atoms with E-state index in [0.717, 1.165) is 11.0 Å². The summed E-state index contributed by atoms with van der Waals surface area (Å²) >= 11 is 3.21. The van der Waals surface area contributed by atoms with E-state index in [-0.39, 0.29) is 12.4 Å². The van der Waals surface area contributed by atoms with Crippen LogP contribution in [0.1, 0.15) is 12.5 Å². The van der Waals surface area contributed by atoms with Gasteiger partial charge in [-0.15, -0.1) is 0 Å². The molecule has 0 saturated heterocycles. The number of benzene rings is 1. The van der Waals surface area contributed by atoms with Gasteiger partial charge in [0.15, 0.2) is 5.75 Å². The fraction of sp³-hybridized carbons (Fsp3) is 0.250. The quantitative estimate of drug-likeness (QED) is 0.865. The first-order valence-corrected chi connectivity index (χ1v) is 6.07. The predicted molar refractivity (Wildman–Crippen MR) is 66.3 cm³/mol. The van der Waals surface area contributed by atoms with Crippen molar-refractivity contribution in [1.82, 2.24) is 9.78 Å². The zero-order valence-electron chi connectivity index (χ0n) is 9.36. The van der Waals surface area contributed by atoms with Gasteiger partial charge in [-0.05, 0) is 19.1 Å². The van der Waals surface area contributed by atoms with Gasteiger partial charge in [-0.2, -0.15) is 5.10 Å². The Kier molecular flexibility index (Phi) is 3.78. The van der Waals surface area contributed by atoms with Crippen molar-refractivity contribution < 1.29 is 9.13 Å². The molecule has 0 bridgehead atoms. The lowest BCUT2D eigenvalue weighted by molar-refractivity contribution is 0.299. The van der Waals surface area contributed by atoms with E-state index in [1.54, 1.807) is 29.2 Å². The van der Waals surface area contributed by atoms with Gasteiger partial charge in [0.25, 0.3) is 0 Å². The van der Waals surface area contributed by atoms with Crippen molar-refractivity contribution >= 4 is 15.9 Å². The molecule has 3 nitrogen and oxygen atoms in total. The zero-order chi connectivity index (χ0) is 12.3. The van der Waals surface area contributed by atoms with Crippen LogP contribution in [-0.4, -0.2) is 9.78 Å². The van der Waals surface area contributed by atoms with Crippen LogP contribution in [0.2, 0.25) is 0 Å². The summed E-state index contributed by atoms with van der Waals surface area (Å²) in [6, 6.07) is 4.91. The summed E-state index contributed by atoms with van der Waals surface area (Å²) < 4.78 is 21.4. The van der Waals surface area contributed by atoms with E-state index < -0.39 is 0 Å². The third-order valence-corrected chi connectivity index (χ3v) is 2.84. The minimum atomic E-state index is -0.276. The van der Waals surface area contributed by atoms with Crippen molar-refractivity contribution in [2.45, 2.75) is 20.1 Å². The van der Waals surface area contributed by atoms with Crippen LogP contribution in [0.3, 0.4) is 0 Å². The Balaban J connectivity index is 2.02. The molecule has 5 heteroatoms. The number of hydrogen-bond donors (Lipinski definition) is 0. The monoisotopic (exact) mass is 298 g/mol. The molecule has 0 aliphatic carbocycles. The molecule has 0 saturated carbocycles. The highest BCUT2D eigenvalue weighted by atomic mass is 79.9. The summed E-state index contributed by atoms with van der Waals surface area (Å²) in [5.74, 6) is 0.372. The van der Waals surface area contributed by atoms with E-state index in [4.69, 9.17) is 4.74 Å². The molecule has 1 heterocycles. The first-order chi connectivity index (χ1) is 8.19. The number of nitrogens with zero attached hydrogens (tertiary/aromatic N) is 2. The molecule has 0 N–H and O–H groups in total. The average Bonchev–Trinajstić information content (AvgIpc) is 2.76. The molecule has 0 amide bonds. The molecular formula is C12H12BrFN2O. The molecule has 17 heavy (non-hydrogen) atoms. The number of halogens is 2. The SMILES string of the molecule is CCn1cc(OCc2ccc(Br)cc2F)cn1. The van der Waals surface area contributed by atoms with Gasteiger partial charge in [0, 0.05) is 16.6 Å². The van der Waals surface area contributed by atoms with E-state index in [2.05, 4.69) is 21.0 Å². The lowest BCUT2D eigenvalue weighted by Gasteiger charge is -2.05. The Hall–Kier alpha value is -1.36. The zero-order valence-corrected chi connectivity index (χ0v) is 10.9. The fourth-order valence-corrected chi connectivity index (χ4v) is 1.73. The lowest BCUT2D eigenvalue weighted by Crippen LogP contribution is -1.98. The molecule has 90 valence electrons. The van der Waals surface area contributed by atoms with Crippen molar-refractivity contribution in [3.63, 3.8) is 0 Å². The Morgan fingerprint density at radius 3 is 2.94 bits per heavy atom. The van der Waals surface area contributed by atoms with Crippen LogP contribution in [0.15, 0.2) is 35.1 Å². The maximum absolute atomic E-state index is 13.5. The Labute approximate surface area is 107 Å².